The van der Waals surface area contributed by atoms with E-state index in [2.05, 4.69) is 15.4 Å². The number of halogens is 2. The molecule has 0 unspecified atom stereocenters. The topological polar surface area (TPSA) is 63.1 Å². The molecule has 18 heavy (non-hydrogen) atoms. The van der Waals surface area contributed by atoms with Crippen LogP contribution >= 0.6 is 0 Å². The molecule has 6 nitrogen and oxygen atoms in total. The van der Waals surface area contributed by atoms with Crippen LogP contribution in [0.1, 0.15) is 18.7 Å². The van der Waals surface area contributed by atoms with E-state index in [1.807, 2.05) is 0 Å². The monoisotopic (exact) mass is 259 g/mol. The quantitative estimate of drug-likeness (QED) is 0.828. The second-order valence-electron chi connectivity index (χ2n) is 4.42. The van der Waals surface area contributed by atoms with Gasteiger partial charge in [0.05, 0.1) is 6.54 Å². The van der Waals surface area contributed by atoms with Gasteiger partial charge in [0.1, 0.15) is 5.82 Å². The molecule has 0 aromatic carbocycles. The summed E-state index contributed by atoms with van der Waals surface area (Å²) in [7, 11) is 1.69. The van der Waals surface area contributed by atoms with E-state index in [1.54, 1.807) is 14.0 Å². The molecule has 2 heterocycles. The van der Waals surface area contributed by atoms with Crippen LogP contribution in [0, 0.1) is 6.92 Å². The third-order valence-corrected chi connectivity index (χ3v) is 2.88. The van der Waals surface area contributed by atoms with E-state index in [9.17, 15) is 13.6 Å². The Bertz CT molecular complexity index is 440. The average Bonchev–Trinajstić information content (AvgIpc) is 2.56. The molecular weight excluding hydrogens is 244 g/mol. The molecule has 2 rings (SSSR count). The molecule has 0 atom stereocenters. The molecule has 1 aliphatic rings. The summed E-state index contributed by atoms with van der Waals surface area (Å²) in [6.07, 6.45) is 0.132. The predicted octanol–water partition coefficient (Wildman–Crippen LogP) is 1.39. The van der Waals surface area contributed by atoms with Crippen LogP contribution in [-0.2, 0) is 7.05 Å². The summed E-state index contributed by atoms with van der Waals surface area (Å²) in [5.74, 6) is -2.04. The summed E-state index contributed by atoms with van der Waals surface area (Å²) >= 11 is 0. The minimum absolute atomic E-state index is 0.133. The standard InChI is InChI=1S/C10H15F2N5O/c1-7-13-8(15-16(7)2)14-9(18)17-5-3-4-10(11,12)6-17/h3-6H2,1-2H3,(H,14,15,18). The second-order valence-corrected chi connectivity index (χ2v) is 4.42. The molecule has 100 valence electrons. The molecular formula is C10H15F2N5O. The van der Waals surface area contributed by atoms with E-state index >= 15 is 0 Å². The Labute approximate surface area is 103 Å². The van der Waals surface area contributed by atoms with Crippen LogP contribution in [0.5, 0.6) is 0 Å². The molecule has 1 N–H and O–H groups in total. The fraction of sp³-hybridized carbons (Fsp3) is 0.700. The van der Waals surface area contributed by atoms with Gasteiger partial charge in [-0.1, -0.05) is 0 Å². The molecule has 2 amide bonds. The Morgan fingerprint density at radius 1 is 1.50 bits per heavy atom. The van der Waals surface area contributed by atoms with Crippen molar-refractivity contribution in [3.63, 3.8) is 0 Å². The van der Waals surface area contributed by atoms with Crippen LogP contribution < -0.4 is 5.32 Å². The number of likely N-dealkylation sites (tertiary alicyclic amines) is 1. The van der Waals surface area contributed by atoms with Crippen LogP contribution in [0.25, 0.3) is 0 Å². The zero-order valence-electron chi connectivity index (χ0n) is 10.3. The SMILES string of the molecule is Cc1nc(NC(=O)N2CCCC(F)(F)C2)nn1C. The van der Waals surface area contributed by atoms with Crippen molar-refractivity contribution in [3.05, 3.63) is 5.82 Å². The first kappa shape index (κ1) is 12.7. The number of amides is 2. The van der Waals surface area contributed by atoms with Crippen LogP contribution in [0.2, 0.25) is 0 Å². The number of nitrogens with zero attached hydrogens (tertiary/aromatic N) is 4. The molecule has 0 radical (unpaired) electrons. The molecule has 1 aliphatic heterocycles. The van der Waals surface area contributed by atoms with Gasteiger partial charge in [0, 0.05) is 20.0 Å². The number of alkyl halides is 2. The number of hydrogen-bond donors (Lipinski definition) is 1. The highest BCUT2D eigenvalue weighted by Crippen LogP contribution is 2.26. The number of hydrogen-bond acceptors (Lipinski definition) is 3. The predicted molar refractivity (Wildman–Crippen MR) is 60.5 cm³/mol. The Hall–Kier alpha value is -1.73. The summed E-state index contributed by atoms with van der Waals surface area (Å²) in [4.78, 5) is 16.8. The van der Waals surface area contributed by atoms with E-state index in [0.717, 1.165) is 4.90 Å². The minimum atomic E-state index is -2.80. The molecule has 1 saturated heterocycles. The maximum atomic E-state index is 13.2. The van der Waals surface area contributed by atoms with Crippen molar-refractivity contribution in [1.82, 2.24) is 19.7 Å². The summed E-state index contributed by atoms with van der Waals surface area (Å²) in [6, 6.07) is -0.583. The summed E-state index contributed by atoms with van der Waals surface area (Å²) in [5, 5.41) is 6.36. The van der Waals surface area contributed by atoms with E-state index in [0.29, 0.717) is 18.8 Å². The van der Waals surface area contributed by atoms with Gasteiger partial charge in [-0.3, -0.25) is 10.00 Å². The first-order valence-electron chi connectivity index (χ1n) is 5.69. The average molecular weight is 259 g/mol. The third-order valence-electron chi connectivity index (χ3n) is 2.88. The third kappa shape index (κ3) is 2.74. The number of piperidine rings is 1. The van der Waals surface area contributed by atoms with Crippen LogP contribution in [0.15, 0.2) is 0 Å². The van der Waals surface area contributed by atoms with Gasteiger partial charge in [0.25, 0.3) is 5.92 Å². The molecule has 0 spiro atoms. The van der Waals surface area contributed by atoms with Crippen LogP contribution in [0.3, 0.4) is 0 Å². The number of nitrogens with one attached hydrogen (secondary N) is 1. The molecule has 8 heteroatoms. The molecule has 0 aliphatic carbocycles. The zero-order chi connectivity index (χ0) is 13.3. The van der Waals surface area contributed by atoms with Gasteiger partial charge in [0.15, 0.2) is 0 Å². The maximum Gasteiger partial charge on any atom is 0.324 e. The lowest BCUT2D eigenvalue weighted by Crippen LogP contribution is -2.47. The Morgan fingerprint density at radius 3 is 2.78 bits per heavy atom. The number of anilines is 1. The Kier molecular flexibility index (Phi) is 3.18. The van der Waals surface area contributed by atoms with Crippen molar-refractivity contribution in [1.29, 1.82) is 0 Å². The first-order chi connectivity index (χ1) is 8.37. The fourth-order valence-electron chi connectivity index (χ4n) is 1.83. The molecule has 0 saturated carbocycles. The number of rotatable bonds is 1. The van der Waals surface area contributed by atoms with Gasteiger partial charge in [-0.25, -0.2) is 13.6 Å². The highest BCUT2D eigenvalue weighted by Gasteiger charge is 2.37. The number of aryl methyl sites for hydroxylation is 2. The Balaban J connectivity index is 1.99. The molecule has 1 aromatic heterocycles. The van der Waals surface area contributed by atoms with Crippen LogP contribution in [0.4, 0.5) is 19.5 Å². The van der Waals surface area contributed by atoms with Crippen molar-refractivity contribution in [3.8, 4) is 0 Å². The number of aromatic nitrogens is 3. The Morgan fingerprint density at radius 2 is 2.22 bits per heavy atom. The van der Waals surface area contributed by atoms with Crippen molar-refractivity contribution in [2.24, 2.45) is 7.05 Å². The lowest BCUT2D eigenvalue weighted by Gasteiger charge is -2.31. The van der Waals surface area contributed by atoms with E-state index in [1.165, 1.54) is 4.68 Å². The number of carbonyl (C=O) groups is 1. The second kappa shape index (κ2) is 4.51. The molecule has 1 aromatic rings. The summed E-state index contributed by atoms with van der Waals surface area (Å²) in [5.41, 5.74) is 0. The maximum absolute atomic E-state index is 13.2. The molecule has 0 bridgehead atoms. The van der Waals surface area contributed by atoms with E-state index in [-0.39, 0.29) is 12.4 Å². The van der Waals surface area contributed by atoms with Gasteiger partial charge in [-0.15, -0.1) is 5.10 Å². The van der Waals surface area contributed by atoms with Gasteiger partial charge in [-0.05, 0) is 13.3 Å². The normalized spacial score (nSPS) is 18.8. The highest BCUT2D eigenvalue weighted by atomic mass is 19.3. The van der Waals surface area contributed by atoms with E-state index in [4.69, 9.17) is 0 Å². The van der Waals surface area contributed by atoms with Crippen molar-refractivity contribution in [2.45, 2.75) is 25.7 Å². The van der Waals surface area contributed by atoms with Gasteiger partial charge < -0.3 is 4.90 Å². The highest BCUT2D eigenvalue weighted by molar-refractivity contribution is 5.87. The number of urea groups is 1. The summed E-state index contributed by atoms with van der Waals surface area (Å²) in [6.45, 7) is 1.51. The van der Waals surface area contributed by atoms with Crippen molar-refractivity contribution in [2.75, 3.05) is 18.4 Å². The fourth-order valence-corrected chi connectivity index (χ4v) is 1.83. The van der Waals surface area contributed by atoms with Gasteiger partial charge in [-0.2, -0.15) is 4.98 Å². The van der Waals surface area contributed by atoms with E-state index < -0.39 is 18.5 Å². The molecule has 1 fully saturated rings. The lowest BCUT2D eigenvalue weighted by molar-refractivity contribution is -0.0510. The minimum Gasteiger partial charge on any atom is -0.318 e. The largest absolute Gasteiger partial charge is 0.324 e. The zero-order valence-corrected chi connectivity index (χ0v) is 10.3. The van der Waals surface area contributed by atoms with Crippen molar-refractivity contribution < 1.29 is 13.6 Å². The van der Waals surface area contributed by atoms with Gasteiger partial charge >= 0.3 is 6.03 Å². The smallest absolute Gasteiger partial charge is 0.318 e. The summed E-state index contributed by atoms with van der Waals surface area (Å²) < 4.78 is 27.8. The lowest BCUT2D eigenvalue weighted by atomic mass is 10.1. The number of carbonyl (C=O) groups excluding carboxylic acids is 1. The van der Waals surface area contributed by atoms with Crippen molar-refractivity contribution >= 4 is 12.0 Å². The first-order valence-corrected chi connectivity index (χ1v) is 5.69. The van der Waals surface area contributed by atoms with Gasteiger partial charge in [0.2, 0.25) is 5.95 Å². The van der Waals surface area contributed by atoms with Crippen LogP contribution in [-0.4, -0.2) is 44.7 Å².